The van der Waals surface area contributed by atoms with Crippen LogP contribution in [0.3, 0.4) is 0 Å². The lowest BCUT2D eigenvalue weighted by molar-refractivity contribution is -0.137. The van der Waals surface area contributed by atoms with Crippen molar-refractivity contribution in [3.8, 4) is 11.5 Å². The Balaban J connectivity index is 2.21. The summed E-state index contributed by atoms with van der Waals surface area (Å²) >= 11 is 5.57. The molecule has 2 rings (SSSR count). The number of nitrogens with one attached hydrogen (secondary N) is 1. The molecular formula is C19H19ClF3N3O5S. The molecule has 8 nitrogen and oxygen atoms in total. The number of hydrazone groups is 1. The van der Waals surface area contributed by atoms with Crippen molar-refractivity contribution in [2.45, 2.75) is 6.18 Å². The van der Waals surface area contributed by atoms with Gasteiger partial charge in [0.2, 0.25) is 10.0 Å². The van der Waals surface area contributed by atoms with Crippen LogP contribution < -0.4 is 19.2 Å². The van der Waals surface area contributed by atoms with Crippen molar-refractivity contribution in [2.75, 3.05) is 31.3 Å². The van der Waals surface area contributed by atoms with Gasteiger partial charge >= 0.3 is 6.18 Å². The maximum Gasteiger partial charge on any atom is 0.417 e. The molecule has 0 aliphatic carbocycles. The molecule has 13 heteroatoms. The van der Waals surface area contributed by atoms with Crippen molar-refractivity contribution in [3.63, 3.8) is 0 Å². The minimum Gasteiger partial charge on any atom is -0.497 e. The zero-order valence-corrected chi connectivity index (χ0v) is 18.7. The fraction of sp³-hybridized carbons (Fsp3) is 0.263. The maximum absolute atomic E-state index is 13.1. The van der Waals surface area contributed by atoms with Crippen molar-refractivity contribution in [2.24, 2.45) is 5.10 Å². The molecule has 0 aliphatic rings. The Kier molecular flexibility index (Phi) is 7.97. The zero-order valence-electron chi connectivity index (χ0n) is 17.1. The predicted octanol–water partition coefficient (Wildman–Crippen LogP) is 3.29. The first-order chi connectivity index (χ1) is 14.9. The summed E-state index contributed by atoms with van der Waals surface area (Å²) in [6.07, 6.45) is -2.79. The second-order valence-electron chi connectivity index (χ2n) is 6.33. The Morgan fingerprint density at radius 2 is 1.88 bits per heavy atom. The minimum absolute atomic E-state index is 0.375. The third-order valence-electron chi connectivity index (χ3n) is 4.06. The van der Waals surface area contributed by atoms with Crippen LogP contribution in [0.5, 0.6) is 11.5 Å². The number of ether oxygens (including phenoxy) is 2. The highest BCUT2D eigenvalue weighted by Crippen LogP contribution is 2.37. The first-order valence-electron chi connectivity index (χ1n) is 8.75. The number of benzene rings is 2. The molecule has 0 heterocycles. The minimum atomic E-state index is -4.81. The summed E-state index contributed by atoms with van der Waals surface area (Å²) in [5.41, 5.74) is 1.01. The molecule has 0 fully saturated rings. The van der Waals surface area contributed by atoms with Gasteiger partial charge in [-0.1, -0.05) is 11.6 Å². The van der Waals surface area contributed by atoms with Crippen molar-refractivity contribution in [3.05, 3.63) is 52.5 Å². The van der Waals surface area contributed by atoms with Gasteiger partial charge in [-0.15, -0.1) is 0 Å². The molecule has 2 aromatic carbocycles. The topological polar surface area (TPSA) is 97.3 Å². The second-order valence-corrected chi connectivity index (χ2v) is 8.65. The lowest BCUT2D eigenvalue weighted by Gasteiger charge is -2.22. The molecule has 0 unspecified atom stereocenters. The molecule has 1 N–H and O–H groups in total. The third kappa shape index (κ3) is 6.50. The normalized spacial score (nSPS) is 12.0. The van der Waals surface area contributed by atoms with Crippen LogP contribution in [0, 0.1) is 0 Å². The van der Waals surface area contributed by atoms with E-state index >= 15 is 0 Å². The van der Waals surface area contributed by atoms with E-state index < -0.39 is 39.2 Å². The Labute approximate surface area is 187 Å². The van der Waals surface area contributed by atoms with Crippen LogP contribution in [0.2, 0.25) is 5.02 Å². The number of amides is 1. The maximum atomic E-state index is 13.1. The number of nitrogens with zero attached hydrogens (tertiary/aromatic N) is 2. The van der Waals surface area contributed by atoms with E-state index in [1.807, 2.05) is 0 Å². The van der Waals surface area contributed by atoms with E-state index in [0.29, 0.717) is 27.4 Å². The predicted molar refractivity (Wildman–Crippen MR) is 114 cm³/mol. The van der Waals surface area contributed by atoms with E-state index in [1.165, 1.54) is 20.4 Å². The Morgan fingerprint density at radius 3 is 2.44 bits per heavy atom. The summed E-state index contributed by atoms with van der Waals surface area (Å²) in [6.45, 7) is -0.811. The van der Waals surface area contributed by atoms with Gasteiger partial charge < -0.3 is 9.47 Å². The number of alkyl halides is 3. The Morgan fingerprint density at radius 1 is 1.19 bits per heavy atom. The third-order valence-corrected chi connectivity index (χ3v) is 5.53. The number of carbonyl (C=O) groups is 1. The van der Waals surface area contributed by atoms with E-state index in [-0.39, 0.29) is 5.69 Å². The molecule has 32 heavy (non-hydrogen) atoms. The smallest absolute Gasteiger partial charge is 0.417 e. The molecule has 0 radical (unpaired) electrons. The average molecular weight is 494 g/mol. The SMILES string of the molecule is COc1ccc(/C=N\NC(=O)CN(c2ccc(Cl)c(C(F)(F)F)c2)S(C)(=O)=O)c(OC)c1. The molecule has 0 saturated heterocycles. The van der Waals surface area contributed by atoms with Crippen LogP contribution in [0.4, 0.5) is 18.9 Å². The van der Waals surface area contributed by atoms with Crippen LogP contribution >= 0.6 is 11.6 Å². The van der Waals surface area contributed by atoms with Gasteiger partial charge in [0, 0.05) is 11.6 Å². The largest absolute Gasteiger partial charge is 0.497 e. The molecule has 0 atom stereocenters. The van der Waals surface area contributed by atoms with Gasteiger partial charge in [0.25, 0.3) is 5.91 Å². The number of hydrogen-bond acceptors (Lipinski definition) is 6. The average Bonchev–Trinajstić information content (AvgIpc) is 2.71. The summed E-state index contributed by atoms with van der Waals surface area (Å²) < 4.78 is 74.4. The number of rotatable bonds is 8. The molecule has 0 spiro atoms. The van der Waals surface area contributed by atoms with E-state index in [1.54, 1.807) is 18.2 Å². The van der Waals surface area contributed by atoms with Crippen LogP contribution in [0.15, 0.2) is 41.5 Å². The second kappa shape index (κ2) is 10.1. The molecule has 0 aromatic heterocycles. The summed E-state index contributed by atoms with van der Waals surface area (Å²) in [4.78, 5) is 12.2. The lowest BCUT2D eigenvalue weighted by atomic mass is 10.2. The van der Waals surface area contributed by atoms with Crippen LogP contribution in [0.1, 0.15) is 11.1 Å². The summed E-state index contributed by atoms with van der Waals surface area (Å²) in [6, 6.07) is 7.37. The van der Waals surface area contributed by atoms with Crippen molar-refractivity contribution in [1.82, 2.24) is 5.43 Å². The van der Waals surface area contributed by atoms with Gasteiger partial charge in [-0.25, -0.2) is 13.8 Å². The fourth-order valence-electron chi connectivity index (χ4n) is 2.55. The van der Waals surface area contributed by atoms with Gasteiger partial charge in [0.1, 0.15) is 18.0 Å². The quantitative estimate of drug-likeness (QED) is 0.449. The molecule has 0 bridgehead atoms. The Hall–Kier alpha value is -2.99. The van der Waals surface area contributed by atoms with Crippen molar-refractivity contribution in [1.29, 1.82) is 0 Å². The van der Waals surface area contributed by atoms with Gasteiger partial charge in [-0.05, 0) is 30.3 Å². The highest BCUT2D eigenvalue weighted by molar-refractivity contribution is 7.92. The molecule has 0 aliphatic heterocycles. The summed E-state index contributed by atoms with van der Waals surface area (Å²) in [5, 5.41) is 3.14. The standard InChI is InChI=1S/C19H19ClF3N3O5S/c1-30-14-6-4-12(17(9-14)31-2)10-24-25-18(27)11-26(32(3,28)29)13-5-7-16(20)15(8-13)19(21,22)23/h4-10H,11H2,1-3H3,(H,25,27)/b24-10-. The Bertz CT molecular complexity index is 1120. The molecule has 2 aromatic rings. The number of carbonyl (C=O) groups excluding carboxylic acids is 1. The van der Waals surface area contributed by atoms with Crippen molar-refractivity contribution < 1.29 is 35.9 Å². The number of sulfonamides is 1. The number of halogens is 4. The molecule has 174 valence electrons. The van der Waals surface area contributed by atoms with Crippen molar-refractivity contribution >= 4 is 39.4 Å². The van der Waals surface area contributed by atoms with E-state index in [4.69, 9.17) is 21.1 Å². The van der Waals surface area contributed by atoms with Gasteiger partial charge in [0.05, 0.1) is 43.0 Å². The number of methoxy groups -OCH3 is 2. The first kappa shape index (κ1) is 25.3. The summed E-state index contributed by atoms with van der Waals surface area (Å²) in [7, 11) is -1.20. The molecular weight excluding hydrogens is 475 g/mol. The van der Waals surface area contributed by atoms with Crippen LogP contribution in [-0.2, 0) is 21.0 Å². The summed E-state index contributed by atoms with van der Waals surface area (Å²) in [5.74, 6) is 0.0524. The monoisotopic (exact) mass is 493 g/mol. The number of hydrogen-bond donors (Lipinski definition) is 1. The highest BCUT2D eigenvalue weighted by atomic mass is 35.5. The highest BCUT2D eigenvalue weighted by Gasteiger charge is 2.34. The lowest BCUT2D eigenvalue weighted by Crippen LogP contribution is -2.39. The van der Waals surface area contributed by atoms with E-state index in [2.05, 4.69) is 10.5 Å². The van der Waals surface area contributed by atoms with Crippen LogP contribution in [0.25, 0.3) is 0 Å². The fourth-order valence-corrected chi connectivity index (χ4v) is 3.62. The number of anilines is 1. The van der Waals surface area contributed by atoms with Gasteiger partial charge in [-0.3, -0.25) is 9.10 Å². The van der Waals surface area contributed by atoms with Gasteiger partial charge in [-0.2, -0.15) is 18.3 Å². The zero-order chi connectivity index (χ0) is 24.1. The first-order valence-corrected chi connectivity index (χ1v) is 11.0. The molecule has 0 saturated carbocycles. The molecule has 1 amide bonds. The van der Waals surface area contributed by atoms with E-state index in [9.17, 15) is 26.4 Å². The van der Waals surface area contributed by atoms with Gasteiger partial charge in [0.15, 0.2) is 0 Å². The van der Waals surface area contributed by atoms with E-state index in [0.717, 1.165) is 18.4 Å². The van der Waals surface area contributed by atoms with Crippen LogP contribution in [-0.4, -0.2) is 47.6 Å².